The zero-order valence-electron chi connectivity index (χ0n) is 21.5. The van der Waals surface area contributed by atoms with Crippen LogP contribution in [-0.2, 0) is 9.53 Å². The van der Waals surface area contributed by atoms with E-state index in [1.807, 2.05) is 19.1 Å². The summed E-state index contributed by atoms with van der Waals surface area (Å²) in [6.07, 6.45) is 5.93. The number of ether oxygens (including phenoxy) is 4. The van der Waals surface area contributed by atoms with Crippen LogP contribution in [0.2, 0.25) is 0 Å². The molecule has 1 atom stereocenters. The highest BCUT2D eigenvalue weighted by Gasteiger charge is 2.16. The van der Waals surface area contributed by atoms with Crippen LogP contribution in [0.5, 0.6) is 17.2 Å². The van der Waals surface area contributed by atoms with Crippen LogP contribution in [0.1, 0.15) is 63.2 Å². The monoisotopic (exact) mass is 492 g/mol. The highest BCUT2D eigenvalue weighted by Crippen LogP contribution is 2.26. The SMILES string of the molecule is CCCCCCCOc1ccc(C(=O)Oc2ccc3cc(OC(=O)[C@H](C)COCC)ccc3c2)cc1. The Bertz CT molecular complexity index is 1120. The Labute approximate surface area is 213 Å². The normalized spacial score (nSPS) is 11.8. The Balaban J connectivity index is 1.54. The van der Waals surface area contributed by atoms with Gasteiger partial charge in [-0.2, -0.15) is 0 Å². The van der Waals surface area contributed by atoms with Gasteiger partial charge in [-0.15, -0.1) is 0 Å². The van der Waals surface area contributed by atoms with Gasteiger partial charge in [-0.1, -0.05) is 44.7 Å². The van der Waals surface area contributed by atoms with Gasteiger partial charge in [0.15, 0.2) is 0 Å². The van der Waals surface area contributed by atoms with Gasteiger partial charge in [0, 0.05) is 6.61 Å². The van der Waals surface area contributed by atoms with E-state index in [0.717, 1.165) is 22.9 Å². The molecule has 3 aromatic rings. The summed E-state index contributed by atoms with van der Waals surface area (Å²) in [7, 11) is 0. The van der Waals surface area contributed by atoms with E-state index in [0.29, 0.717) is 36.9 Å². The molecule has 3 rings (SSSR count). The molecular formula is C30H36O6. The van der Waals surface area contributed by atoms with Crippen molar-refractivity contribution in [3.05, 3.63) is 66.2 Å². The summed E-state index contributed by atoms with van der Waals surface area (Å²) in [5.41, 5.74) is 0.453. The van der Waals surface area contributed by atoms with E-state index in [-0.39, 0.29) is 11.9 Å². The van der Waals surface area contributed by atoms with Gasteiger partial charge in [-0.25, -0.2) is 4.79 Å². The summed E-state index contributed by atoms with van der Waals surface area (Å²) in [4.78, 5) is 24.8. The summed E-state index contributed by atoms with van der Waals surface area (Å²) in [6.45, 7) is 7.42. The number of esters is 2. The average molecular weight is 493 g/mol. The van der Waals surface area contributed by atoms with E-state index in [9.17, 15) is 9.59 Å². The Morgan fingerprint density at radius 3 is 2.00 bits per heavy atom. The van der Waals surface area contributed by atoms with Crippen molar-refractivity contribution in [1.29, 1.82) is 0 Å². The van der Waals surface area contributed by atoms with Gasteiger partial charge in [-0.3, -0.25) is 4.79 Å². The van der Waals surface area contributed by atoms with E-state index < -0.39 is 5.97 Å². The fourth-order valence-electron chi connectivity index (χ4n) is 3.66. The number of unbranched alkanes of at least 4 members (excludes halogenated alkanes) is 4. The van der Waals surface area contributed by atoms with E-state index in [4.69, 9.17) is 18.9 Å². The van der Waals surface area contributed by atoms with Gasteiger partial charge in [0.2, 0.25) is 0 Å². The highest BCUT2D eigenvalue weighted by molar-refractivity contribution is 5.92. The van der Waals surface area contributed by atoms with Crippen LogP contribution in [0.25, 0.3) is 10.8 Å². The van der Waals surface area contributed by atoms with Gasteiger partial charge >= 0.3 is 11.9 Å². The van der Waals surface area contributed by atoms with Crippen LogP contribution in [0.3, 0.4) is 0 Å². The molecule has 6 nitrogen and oxygen atoms in total. The molecule has 192 valence electrons. The minimum atomic E-state index is -0.436. The summed E-state index contributed by atoms with van der Waals surface area (Å²) in [6, 6.07) is 17.7. The minimum Gasteiger partial charge on any atom is -0.494 e. The number of benzene rings is 3. The maximum absolute atomic E-state index is 12.6. The highest BCUT2D eigenvalue weighted by atomic mass is 16.5. The second-order valence-electron chi connectivity index (χ2n) is 8.83. The molecule has 0 aromatic heterocycles. The molecule has 0 aliphatic heterocycles. The summed E-state index contributed by atoms with van der Waals surface area (Å²) in [5.74, 6) is 0.528. The molecular weight excluding hydrogens is 456 g/mol. The molecule has 0 N–H and O–H groups in total. The molecule has 6 heteroatoms. The smallest absolute Gasteiger partial charge is 0.343 e. The second kappa shape index (κ2) is 14.2. The van der Waals surface area contributed by atoms with Crippen molar-refractivity contribution in [3.63, 3.8) is 0 Å². The first kappa shape index (κ1) is 27.2. The predicted octanol–water partition coefficient (Wildman–Crippen LogP) is 6.99. The Kier molecular flexibility index (Phi) is 10.8. The van der Waals surface area contributed by atoms with Crippen LogP contribution < -0.4 is 14.2 Å². The van der Waals surface area contributed by atoms with Crippen molar-refractivity contribution in [2.24, 2.45) is 5.92 Å². The molecule has 0 aliphatic rings. The fourth-order valence-corrected chi connectivity index (χ4v) is 3.66. The molecule has 0 saturated heterocycles. The molecule has 0 bridgehead atoms. The molecule has 0 aliphatic carbocycles. The average Bonchev–Trinajstić information content (AvgIpc) is 2.89. The minimum absolute atomic E-state index is 0.326. The zero-order valence-corrected chi connectivity index (χ0v) is 21.5. The Morgan fingerprint density at radius 1 is 0.750 bits per heavy atom. The lowest BCUT2D eigenvalue weighted by atomic mass is 10.1. The van der Waals surface area contributed by atoms with E-state index in [1.54, 1.807) is 55.5 Å². The van der Waals surface area contributed by atoms with E-state index in [2.05, 4.69) is 6.92 Å². The van der Waals surface area contributed by atoms with Crippen LogP contribution >= 0.6 is 0 Å². The Morgan fingerprint density at radius 2 is 1.36 bits per heavy atom. The first-order valence-corrected chi connectivity index (χ1v) is 12.8. The van der Waals surface area contributed by atoms with Crippen LogP contribution in [0.15, 0.2) is 60.7 Å². The van der Waals surface area contributed by atoms with E-state index >= 15 is 0 Å². The van der Waals surface area contributed by atoms with Crippen LogP contribution in [0.4, 0.5) is 0 Å². The number of hydrogen-bond acceptors (Lipinski definition) is 6. The van der Waals surface area contributed by atoms with Gasteiger partial charge in [-0.05, 0) is 79.6 Å². The van der Waals surface area contributed by atoms with Gasteiger partial charge in [0.1, 0.15) is 17.2 Å². The van der Waals surface area contributed by atoms with Crippen LogP contribution in [0, 0.1) is 5.92 Å². The largest absolute Gasteiger partial charge is 0.494 e. The molecule has 0 radical (unpaired) electrons. The topological polar surface area (TPSA) is 71.1 Å². The number of carbonyl (C=O) groups is 2. The lowest BCUT2D eigenvalue weighted by Gasteiger charge is -2.12. The fraction of sp³-hybridized carbons (Fsp3) is 0.400. The molecule has 0 spiro atoms. The van der Waals surface area contributed by atoms with Crippen LogP contribution in [-0.4, -0.2) is 31.8 Å². The number of hydrogen-bond donors (Lipinski definition) is 0. The van der Waals surface area contributed by atoms with Crippen molar-refractivity contribution in [2.75, 3.05) is 19.8 Å². The van der Waals surface area contributed by atoms with Crippen molar-refractivity contribution in [3.8, 4) is 17.2 Å². The zero-order chi connectivity index (χ0) is 25.8. The van der Waals surface area contributed by atoms with Gasteiger partial charge in [0.25, 0.3) is 0 Å². The summed E-state index contributed by atoms with van der Waals surface area (Å²) >= 11 is 0. The summed E-state index contributed by atoms with van der Waals surface area (Å²) < 4.78 is 22.1. The van der Waals surface area contributed by atoms with Crippen molar-refractivity contribution in [1.82, 2.24) is 0 Å². The van der Waals surface area contributed by atoms with E-state index in [1.165, 1.54) is 25.7 Å². The standard InChI is InChI=1S/C30H36O6/c1-4-6-7-8-9-18-34-26-14-10-23(11-15-26)30(32)36-28-17-13-24-19-27(16-12-25(24)20-28)35-29(31)22(3)21-33-5-2/h10-17,19-20,22H,4-9,18,21H2,1-3H3/t22-/m1/s1. The Hall–Kier alpha value is -3.38. The third kappa shape index (κ3) is 8.38. The van der Waals surface area contributed by atoms with Crippen molar-refractivity contribution in [2.45, 2.75) is 52.9 Å². The number of rotatable bonds is 14. The van der Waals surface area contributed by atoms with Crippen molar-refractivity contribution < 1.29 is 28.5 Å². The molecule has 0 saturated carbocycles. The summed E-state index contributed by atoms with van der Waals surface area (Å²) in [5, 5.41) is 1.74. The first-order chi connectivity index (χ1) is 17.5. The number of fused-ring (bicyclic) bond motifs is 1. The quantitative estimate of drug-likeness (QED) is 0.137. The second-order valence-corrected chi connectivity index (χ2v) is 8.83. The molecule has 0 fully saturated rings. The molecule has 3 aromatic carbocycles. The van der Waals surface area contributed by atoms with Gasteiger partial charge in [0.05, 0.1) is 24.7 Å². The maximum Gasteiger partial charge on any atom is 0.343 e. The predicted molar refractivity (Wildman–Crippen MR) is 141 cm³/mol. The van der Waals surface area contributed by atoms with Gasteiger partial charge < -0.3 is 18.9 Å². The van der Waals surface area contributed by atoms with Crippen molar-refractivity contribution >= 4 is 22.7 Å². The molecule has 0 unspecified atom stereocenters. The lowest BCUT2D eigenvalue weighted by Crippen LogP contribution is -2.22. The maximum atomic E-state index is 12.6. The lowest BCUT2D eigenvalue weighted by molar-refractivity contribution is -0.140. The number of carbonyl (C=O) groups excluding carboxylic acids is 2. The molecule has 0 amide bonds. The first-order valence-electron chi connectivity index (χ1n) is 12.8. The third-order valence-electron chi connectivity index (χ3n) is 5.79. The third-order valence-corrected chi connectivity index (χ3v) is 5.79. The molecule has 36 heavy (non-hydrogen) atoms. The molecule has 0 heterocycles.